The van der Waals surface area contributed by atoms with E-state index in [0.717, 1.165) is 0 Å². The van der Waals surface area contributed by atoms with Crippen molar-refractivity contribution in [2.45, 2.75) is 0 Å². The summed E-state index contributed by atoms with van der Waals surface area (Å²) in [5.74, 6) is -1.93. The van der Waals surface area contributed by atoms with Gasteiger partial charge in [-0.1, -0.05) is 0 Å². The van der Waals surface area contributed by atoms with E-state index in [0.29, 0.717) is 0 Å². The minimum atomic E-state index is -0.984. The zero-order chi connectivity index (χ0) is 10.2. The van der Waals surface area contributed by atoms with Crippen molar-refractivity contribution < 1.29 is 8.78 Å². The van der Waals surface area contributed by atoms with Gasteiger partial charge in [-0.2, -0.15) is 0 Å². The van der Waals surface area contributed by atoms with Crippen LogP contribution < -0.4 is 0 Å². The van der Waals surface area contributed by atoms with Crippen LogP contribution >= 0.6 is 45.2 Å². The molecule has 0 amide bonds. The van der Waals surface area contributed by atoms with Crippen LogP contribution in [0.4, 0.5) is 8.78 Å². The van der Waals surface area contributed by atoms with E-state index in [1.807, 2.05) is 0 Å². The molecule has 1 aliphatic rings. The van der Waals surface area contributed by atoms with Crippen molar-refractivity contribution in [1.82, 2.24) is 0 Å². The van der Waals surface area contributed by atoms with E-state index < -0.39 is 11.7 Å². The Kier molecular flexibility index (Phi) is 4.02. The molecule has 0 bridgehead atoms. The molecule has 69 valence electrons. The molecule has 2 nitrogen and oxygen atoms in total. The predicted octanol–water partition coefficient (Wildman–Crippen LogP) is 2.78. The quantitative estimate of drug-likeness (QED) is 0.320. The second-order valence-electron chi connectivity index (χ2n) is 2.07. The van der Waals surface area contributed by atoms with Gasteiger partial charge in [0.05, 0.1) is 0 Å². The monoisotopic (exact) mass is 473 g/mol. The normalized spacial score (nSPS) is 21.8. The third-order valence-corrected chi connectivity index (χ3v) is 3.71. The molecule has 1 N–H and O–H groups in total. The Morgan fingerprint density at radius 3 is 2.08 bits per heavy atom. The Balaban J connectivity index is 3.41. The molecule has 0 fully saturated rings. The first-order valence-corrected chi connectivity index (χ1v) is 5.84. The maximum absolute atomic E-state index is 13.1. The molecule has 0 spiro atoms. The second-order valence-corrected chi connectivity index (χ2v) is 4.61. The number of rotatable bonds is 0. The maximum atomic E-state index is 13.1. The van der Waals surface area contributed by atoms with Crippen molar-refractivity contribution in [2.24, 2.45) is 4.01 Å². The van der Waals surface area contributed by atoms with E-state index in [4.69, 9.17) is 5.41 Å². The van der Waals surface area contributed by atoms with Crippen LogP contribution in [-0.4, -0.2) is 27.7 Å². The molecular weight excluding hydrogens is 471 g/mol. The Morgan fingerprint density at radius 1 is 1.15 bits per heavy atom. The summed E-state index contributed by atoms with van der Waals surface area (Å²) < 4.78 is 29.7. The SMILES string of the molecule is N=C1C(I)=C(F)C(F)=C(I)/C1=N/[Se]. The van der Waals surface area contributed by atoms with Gasteiger partial charge in [-0.3, -0.25) is 0 Å². The van der Waals surface area contributed by atoms with Gasteiger partial charge in [0.1, 0.15) is 0 Å². The molecule has 1 rings (SSSR count). The molecule has 0 aromatic rings. The third-order valence-electron chi connectivity index (χ3n) is 1.33. The van der Waals surface area contributed by atoms with Gasteiger partial charge < -0.3 is 0 Å². The summed E-state index contributed by atoms with van der Waals surface area (Å²) in [6.45, 7) is 0. The zero-order valence-corrected chi connectivity index (χ0v) is 11.9. The molecule has 13 heavy (non-hydrogen) atoms. The molecule has 1 radical (unpaired) electrons. The van der Waals surface area contributed by atoms with E-state index in [1.54, 1.807) is 45.2 Å². The van der Waals surface area contributed by atoms with Crippen LogP contribution in [0.15, 0.2) is 22.8 Å². The van der Waals surface area contributed by atoms with E-state index in [-0.39, 0.29) is 18.6 Å². The van der Waals surface area contributed by atoms with Gasteiger partial charge in [0.15, 0.2) is 0 Å². The van der Waals surface area contributed by atoms with Crippen molar-refractivity contribution in [1.29, 1.82) is 5.41 Å². The number of hydrogen-bond donors (Lipinski definition) is 1. The molecule has 0 saturated heterocycles. The minimum absolute atomic E-state index is 0.0271. The Hall–Kier alpha value is 0.659. The van der Waals surface area contributed by atoms with E-state index in [1.165, 1.54) is 0 Å². The summed E-state index contributed by atoms with van der Waals surface area (Å²) in [6.07, 6.45) is 0. The average molecular weight is 472 g/mol. The van der Waals surface area contributed by atoms with E-state index in [9.17, 15) is 8.78 Å². The third kappa shape index (κ3) is 2.02. The molecule has 0 saturated carbocycles. The number of halogens is 4. The van der Waals surface area contributed by atoms with Gasteiger partial charge in [-0.25, -0.2) is 0 Å². The first kappa shape index (κ1) is 11.7. The van der Waals surface area contributed by atoms with Crippen molar-refractivity contribution in [3.63, 3.8) is 0 Å². The average Bonchev–Trinajstić information content (AvgIpc) is 2.13. The Morgan fingerprint density at radius 2 is 1.62 bits per heavy atom. The zero-order valence-electron chi connectivity index (χ0n) is 5.87. The van der Waals surface area contributed by atoms with Crippen molar-refractivity contribution in [2.75, 3.05) is 0 Å². The topological polar surface area (TPSA) is 36.2 Å². The van der Waals surface area contributed by atoms with Gasteiger partial charge in [-0.05, 0) is 0 Å². The number of nitrogens with zero attached hydrogens (tertiary/aromatic N) is 1. The number of allylic oxidation sites excluding steroid dienone is 4. The van der Waals surface area contributed by atoms with Crippen LogP contribution in [-0.2, 0) is 0 Å². The van der Waals surface area contributed by atoms with Crippen LogP contribution in [0.5, 0.6) is 0 Å². The number of hydrogen-bond acceptors (Lipinski definition) is 2. The summed E-state index contributed by atoms with van der Waals surface area (Å²) in [5.41, 5.74) is 0.0477. The summed E-state index contributed by atoms with van der Waals surface area (Å²) in [5, 5.41) is 7.44. The molecule has 0 atom stereocenters. The molecule has 1 aliphatic carbocycles. The fraction of sp³-hybridized carbons (Fsp3) is 0. The van der Waals surface area contributed by atoms with Gasteiger partial charge >= 0.3 is 110 Å². The van der Waals surface area contributed by atoms with Crippen LogP contribution in [0.3, 0.4) is 0 Å². The van der Waals surface area contributed by atoms with Crippen LogP contribution in [0, 0.1) is 5.41 Å². The fourth-order valence-electron chi connectivity index (χ4n) is 0.706. The molecule has 0 aliphatic heterocycles. The first-order valence-electron chi connectivity index (χ1n) is 2.91. The van der Waals surface area contributed by atoms with Crippen molar-refractivity contribution in [3.8, 4) is 0 Å². The summed E-state index contributed by atoms with van der Waals surface area (Å²) in [6, 6.07) is 0. The van der Waals surface area contributed by atoms with Gasteiger partial charge in [0, 0.05) is 0 Å². The van der Waals surface area contributed by atoms with Crippen molar-refractivity contribution in [3.05, 3.63) is 18.8 Å². The molecule has 0 aromatic carbocycles. The standard InChI is InChI=1S/C6HF2I2N2Se/c7-1-2(8)4(10)6(12-13)5(11)3(1)9/h11H/b11-5?,12-6-. The fourth-order valence-corrected chi connectivity index (χ4v) is 2.58. The number of nitrogens with one attached hydrogen (secondary N) is 1. The van der Waals surface area contributed by atoms with E-state index >= 15 is 0 Å². The van der Waals surface area contributed by atoms with Gasteiger partial charge in [-0.15, -0.1) is 0 Å². The molecule has 0 unspecified atom stereocenters. The molecule has 7 heteroatoms. The summed E-state index contributed by atoms with van der Waals surface area (Å²) in [7, 11) is 0. The Bertz CT molecular complexity index is 369. The van der Waals surface area contributed by atoms with Crippen LogP contribution in [0.1, 0.15) is 0 Å². The van der Waals surface area contributed by atoms with Gasteiger partial charge in [0.25, 0.3) is 0 Å². The van der Waals surface area contributed by atoms with Crippen LogP contribution in [0.2, 0.25) is 0 Å². The van der Waals surface area contributed by atoms with Gasteiger partial charge in [0.2, 0.25) is 0 Å². The second kappa shape index (κ2) is 4.45. The summed E-state index contributed by atoms with van der Waals surface area (Å²) in [4.78, 5) is 0. The van der Waals surface area contributed by atoms with E-state index in [2.05, 4.69) is 20.2 Å². The predicted molar refractivity (Wildman–Crippen MR) is 65.2 cm³/mol. The Labute approximate surface area is 109 Å². The first-order chi connectivity index (χ1) is 6.00. The molecule has 0 heterocycles. The summed E-state index contributed by atoms with van der Waals surface area (Å²) >= 11 is 5.52. The molecular formula is C6HF2I2N2Se. The molecule has 0 aromatic heterocycles. The van der Waals surface area contributed by atoms with Crippen molar-refractivity contribution >= 4 is 72.8 Å². The van der Waals surface area contributed by atoms with Crippen LogP contribution in [0.25, 0.3) is 0 Å².